The summed E-state index contributed by atoms with van der Waals surface area (Å²) in [6.07, 6.45) is 0.966. The van der Waals surface area contributed by atoms with Crippen LogP contribution < -0.4 is 0 Å². The van der Waals surface area contributed by atoms with E-state index in [1.165, 1.54) is 26.8 Å². The second kappa shape index (κ2) is 9.32. The third kappa shape index (κ3) is 4.38. The highest BCUT2D eigenvalue weighted by Gasteiger charge is 2.41. The van der Waals surface area contributed by atoms with Gasteiger partial charge in [-0.05, 0) is 51.8 Å². The second-order valence-corrected chi connectivity index (χ2v) is 11.1. The van der Waals surface area contributed by atoms with Crippen molar-refractivity contribution in [2.24, 2.45) is 0 Å². The molecule has 1 aliphatic heterocycles. The van der Waals surface area contributed by atoms with Gasteiger partial charge in [0.1, 0.15) is 6.04 Å². The summed E-state index contributed by atoms with van der Waals surface area (Å²) in [5.74, 6) is -0.428. The molecule has 1 saturated heterocycles. The summed E-state index contributed by atoms with van der Waals surface area (Å²) in [6, 6.07) is 12.1. The van der Waals surface area contributed by atoms with Crippen molar-refractivity contribution >= 4 is 33.4 Å². The number of sulfonamides is 1. The molecule has 0 amide bonds. The normalized spacial score (nSPS) is 16.6. The zero-order valence-corrected chi connectivity index (χ0v) is 20.6. The van der Waals surface area contributed by atoms with Gasteiger partial charge in [-0.15, -0.1) is 0 Å². The Morgan fingerprint density at radius 3 is 2.47 bits per heavy atom. The molecule has 1 aromatic heterocycles. The summed E-state index contributed by atoms with van der Waals surface area (Å²) >= 11 is 1.17. The van der Waals surface area contributed by atoms with E-state index in [4.69, 9.17) is 0 Å². The lowest BCUT2D eigenvalue weighted by Crippen LogP contribution is -2.43. The van der Waals surface area contributed by atoms with E-state index in [0.717, 1.165) is 5.56 Å². The van der Waals surface area contributed by atoms with Crippen LogP contribution in [0.5, 0.6) is 0 Å². The lowest BCUT2D eigenvalue weighted by molar-refractivity contribution is -0.387. The molecule has 0 spiro atoms. The van der Waals surface area contributed by atoms with Crippen molar-refractivity contribution < 1.29 is 18.1 Å². The van der Waals surface area contributed by atoms with Crippen LogP contribution in [0.4, 0.5) is 5.69 Å². The molecule has 0 radical (unpaired) electrons. The van der Waals surface area contributed by atoms with Crippen LogP contribution >= 0.6 is 11.8 Å². The van der Waals surface area contributed by atoms with E-state index in [1.807, 2.05) is 6.92 Å². The third-order valence-corrected chi connectivity index (χ3v) is 9.11. The smallest absolute Gasteiger partial charge is 0.271 e. The highest BCUT2D eigenvalue weighted by molar-refractivity contribution is 7.99. The largest absolute Gasteiger partial charge is 0.283 e. The fourth-order valence-corrected chi connectivity index (χ4v) is 6.74. The summed E-state index contributed by atoms with van der Waals surface area (Å²) in [4.78, 5) is 25.6. The molecule has 2 heterocycles. The predicted octanol–water partition coefficient (Wildman–Crippen LogP) is 4.36. The van der Waals surface area contributed by atoms with Gasteiger partial charge in [0.2, 0.25) is 10.0 Å². The number of para-hydroxylation sites is 1. The number of carbonyl (C=O) groups excluding carboxylic acids is 1. The lowest BCUT2D eigenvalue weighted by atomic mass is 10.2. The van der Waals surface area contributed by atoms with Gasteiger partial charge in [0.15, 0.2) is 0 Å². The fraction of sp³-hybridized carbons (Fsp3) is 0.304. The second-order valence-electron chi connectivity index (χ2n) is 8.16. The lowest BCUT2D eigenvalue weighted by Gasteiger charge is -2.23. The van der Waals surface area contributed by atoms with Crippen LogP contribution in [0.25, 0.3) is 0 Å². The Morgan fingerprint density at radius 1 is 1.12 bits per heavy atom. The van der Waals surface area contributed by atoms with E-state index in [1.54, 1.807) is 56.3 Å². The van der Waals surface area contributed by atoms with Crippen molar-refractivity contribution in [2.75, 3.05) is 6.54 Å². The highest BCUT2D eigenvalue weighted by atomic mass is 32.2. The van der Waals surface area contributed by atoms with Crippen LogP contribution in [0, 0.1) is 30.9 Å². The van der Waals surface area contributed by atoms with Crippen LogP contribution in [0.1, 0.15) is 34.6 Å². The minimum absolute atomic E-state index is 0.0310. The van der Waals surface area contributed by atoms with E-state index in [2.05, 4.69) is 5.10 Å². The van der Waals surface area contributed by atoms with Gasteiger partial charge in [-0.25, -0.2) is 13.1 Å². The summed E-state index contributed by atoms with van der Waals surface area (Å²) in [6.45, 7) is 5.57. The van der Waals surface area contributed by atoms with Crippen molar-refractivity contribution in [1.29, 1.82) is 0 Å². The first kappa shape index (κ1) is 24.1. The average molecular weight is 501 g/mol. The number of nitrogens with zero attached hydrogens (tertiary/aromatic N) is 4. The maximum atomic E-state index is 13.5. The Hall–Kier alpha value is -3.02. The number of nitro groups is 1. The Morgan fingerprint density at radius 2 is 1.79 bits per heavy atom. The first-order chi connectivity index (χ1) is 16.1. The molecule has 178 valence electrons. The summed E-state index contributed by atoms with van der Waals surface area (Å²) in [5.41, 5.74) is 1.97. The number of rotatable bonds is 6. The molecule has 0 saturated carbocycles. The summed E-state index contributed by atoms with van der Waals surface area (Å²) in [7, 11) is -3.85. The van der Waals surface area contributed by atoms with Crippen LogP contribution in [-0.2, 0) is 10.0 Å². The number of hydrogen-bond donors (Lipinski definition) is 0. The van der Waals surface area contributed by atoms with Crippen LogP contribution in [0.15, 0.2) is 63.2 Å². The first-order valence-electron chi connectivity index (χ1n) is 10.7. The quantitative estimate of drug-likeness (QED) is 0.365. The number of carbonyl (C=O) groups is 1. The first-order valence-corrected chi connectivity index (χ1v) is 13.0. The van der Waals surface area contributed by atoms with Crippen molar-refractivity contribution in [3.63, 3.8) is 0 Å². The number of aryl methyl sites for hydroxylation is 2. The monoisotopic (exact) mass is 500 g/mol. The van der Waals surface area contributed by atoms with Crippen molar-refractivity contribution in [3.8, 4) is 0 Å². The Balaban J connectivity index is 1.65. The molecule has 4 rings (SSSR count). The molecule has 0 bridgehead atoms. The van der Waals surface area contributed by atoms with Gasteiger partial charge < -0.3 is 0 Å². The molecule has 0 aliphatic carbocycles. The molecule has 9 nitrogen and oxygen atoms in total. The number of benzene rings is 2. The van der Waals surface area contributed by atoms with Gasteiger partial charge in [-0.1, -0.05) is 41.6 Å². The van der Waals surface area contributed by atoms with E-state index in [9.17, 15) is 23.3 Å². The molecule has 0 N–H and O–H groups in total. The molecular weight excluding hydrogens is 476 g/mol. The predicted molar refractivity (Wildman–Crippen MR) is 128 cm³/mol. The van der Waals surface area contributed by atoms with E-state index in [-0.39, 0.29) is 17.1 Å². The maximum absolute atomic E-state index is 13.5. The van der Waals surface area contributed by atoms with Gasteiger partial charge in [-0.2, -0.15) is 9.40 Å². The van der Waals surface area contributed by atoms with Crippen LogP contribution in [-0.4, -0.2) is 45.9 Å². The van der Waals surface area contributed by atoms with E-state index >= 15 is 0 Å². The molecule has 1 fully saturated rings. The number of aromatic nitrogens is 2. The topological polar surface area (TPSA) is 115 Å². The van der Waals surface area contributed by atoms with Crippen LogP contribution in [0.2, 0.25) is 0 Å². The summed E-state index contributed by atoms with van der Waals surface area (Å²) in [5, 5.41) is 15.8. The molecular formula is C23H24N4O5S2. The van der Waals surface area contributed by atoms with Crippen molar-refractivity contribution in [3.05, 3.63) is 75.6 Å². The molecule has 1 aliphatic rings. The molecule has 1 atom stereocenters. The number of nitro benzene ring substituents is 1. The number of hydrogen-bond acceptors (Lipinski definition) is 7. The molecule has 2 aromatic carbocycles. The minimum atomic E-state index is -3.85. The molecule has 11 heteroatoms. The van der Waals surface area contributed by atoms with Gasteiger partial charge >= 0.3 is 0 Å². The zero-order valence-electron chi connectivity index (χ0n) is 19.0. The van der Waals surface area contributed by atoms with Gasteiger partial charge in [0.05, 0.1) is 31.0 Å². The third-order valence-electron chi connectivity index (χ3n) is 5.82. The van der Waals surface area contributed by atoms with Gasteiger partial charge in [0.25, 0.3) is 11.6 Å². The van der Waals surface area contributed by atoms with Gasteiger partial charge in [0, 0.05) is 12.6 Å². The maximum Gasteiger partial charge on any atom is 0.283 e. The van der Waals surface area contributed by atoms with Gasteiger partial charge in [-0.3, -0.25) is 14.9 Å². The fourth-order valence-electron chi connectivity index (χ4n) is 4.06. The SMILES string of the molecule is Cc1ccc(S(=O)(=O)N2CCC[C@H]2C(=O)n2nc(C)c(Sc3ccccc3[N+](=O)[O-])c2C)cc1. The average Bonchev–Trinajstić information content (AvgIpc) is 3.41. The Labute approximate surface area is 202 Å². The van der Waals surface area contributed by atoms with Crippen molar-refractivity contribution in [1.82, 2.24) is 14.1 Å². The van der Waals surface area contributed by atoms with Crippen molar-refractivity contribution in [2.45, 2.75) is 54.3 Å². The van der Waals surface area contributed by atoms with E-state index < -0.39 is 26.9 Å². The zero-order chi connectivity index (χ0) is 24.6. The molecule has 3 aromatic rings. The highest BCUT2D eigenvalue weighted by Crippen LogP contribution is 2.38. The standard InChI is InChI=1S/C23H24N4O5S2/c1-15-10-12-18(13-11-15)34(31,32)25-14-6-8-20(25)23(28)26-17(3)22(16(2)24-26)33-21-9-5-4-7-19(21)27(29)30/h4-5,7,9-13,20H,6,8,14H2,1-3H3/t20-/m0/s1. The van der Waals surface area contributed by atoms with E-state index in [0.29, 0.717) is 34.0 Å². The molecule has 0 unspecified atom stereocenters. The summed E-state index contributed by atoms with van der Waals surface area (Å²) < 4.78 is 29.0. The van der Waals surface area contributed by atoms with Crippen LogP contribution in [0.3, 0.4) is 0 Å². The molecule has 34 heavy (non-hydrogen) atoms. The minimum Gasteiger partial charge on any atom is -0.271 e. The Kier molecular flexibility index (Phi) is 6.61. The Bertz CT molecular complexity index is 1370.